The Balaban J connectivity index is 1.16. The molecule has 1 amide bonds. The molecule has 0 bridgehead atoms. The molecule has 3 fully saturated rings. The number of aliphatic hydroxyl groups is 1. The number of carbonyl (C=O) groups excluding carboxylic acids is 5. The molecular formula is C34H43NO8. The molecule has 0 unspecified atom stereocenters. The minimum Gasteiger partial charge on any atom is -0.467 e. The highest BCUT2D eigenvalue weighted by Crippen LogP contribution is 2.67. The van der Waals surface area contributed by atoms with Crippen LogP contribution in [0.5, 0.6) is 0 Å². The zero-order chi connectivity index (χ0) is 31.0. The molecule has 5 rings (SSSR count). The summed E-state index contributed by atoms with van der Waals surface area (Å²) in [7, 11) is 1.23. The van der Waals surface area contributed by atoms with Crippen LogP contribution in [0.4, 0.5) is 0 Å². The van der Waals surface area contributed by atoms with Crippen LogP contribution in [0.25, 0.3) is 0 Å². The zero-order valence-corrected chi connectivity index (χ0v) is 25.4. The second kappa shape index (κ2) is 12.0. The van der Waals surface area contributed by atoms with Crippen molar-refractivity contribution in [2.24, 2.45) is 28.6 Å². The third-order valence-corrected chi connectivity index (χ3v) is 11.4. The largest absolute Gasteiger partial charge is 0.467 e. The predicted octanol–water partition coefficient (Wildman–Crippen LogP) is 4.17. The third-order valence-electron chi connectivity index (χ3n) is 11.4. The van der Waals surface area contributed by atoms with Crippen molar-refractivity contribution >= 4 is 29.4 Å². The van der Waals surface area contributed by atoms with E-state index in [1.54, 1.807) is 30.3 Å². The predicted molar refractivity (Wildman–Crippen MR) is 156 cm³/mol. The van der Waals surface area contributed by atoms with E-state index in [4.69, 9.17) is 9.47 Å². The molecule has 0 radical (unpaired) electrons. The fourth-order valence-corrected chi connectivity index (χ4v) is 8.86. The minimum absolute atomic E-state index is 0.00264. The molecule has 4 aliphatic rings. The summed E-state index contributed by atoms with van der Waals surface area (Å²) in [6.45, 7) is 3.77. The minimum atomic E-state index is -1.58. The van der Waals surface area contributed by atoms with Gasteiger partial charge in [0.15, 0.2) is 18.4 Å². The SMILES string of the molecule is COC(=O)[C@H](NC(=O)CCC(=O)OCC(=O)[C@@]1(O)CC[C@@H]2[C@H]3CCC4=CC(=O)CC[C@]4(C)[C@H]3CC[C@@]21C)c1ccccc1. The lowest BCUT2D eigenvalue weighted by Gasteiger charge is -2.58. The Morgan fingerprint density at radius 2 is 1.70 bits per heavy atom. The topological polar surface area (TPSA) is 136 Å². The van der Waals surface area contributed by atoms with Gasteiger partial charge >= 0.3 is 11.9 Å². The van der Waals surface area contributed by atoms with E-state index < -0.39 is 47.3 Å². The molecule has 2 N–H and O–H groups in total. The van der Waals surface area contributed by atoms with Gasteiger partial charge in [-0.2, -0.15) is 0 Å². The van der Waals surface area contributed by atoms with Crippen LogP contribution in [-0.4, -0.2) is 53.8 Å². The van der Waals surface area contributed by atoms with Crippen molar-refractivity contribution in [3.8, 4) is 0 Å². The van der Waals surface area contributed by atoms with Crippen molar-refractivity contribution in [1.82, 2.24) is 5.32 Å². The van der Waals surface area contributed by atoms with Gasteiger partial charge in [0, 0.05) is 18.3 Å². The number of hydrogen-bond donors (Lipinski definition) is 2. The molecule has 9 nitrogen and oxygen atoms in total. The number of carbonyl (C=O) groups is 5. The third kappa shape index (κ3) is 5.56. The van der Waals surface area contributed by atoms with Gasteiger partial charge in [-0.25, -0.2) is 4.79 Å². The summed E-state index contributed by atoms with van der Waals surface area (Å²) < 4.78 is 10.1. The molecule has 0 heterocycles. The number of rotatable bonds is 9. The van der Waals surface area contributed by atoms with Gasteiger partial charge in [-0.3, -0.25) is 19.2 Å². The van der Waals surface area contributed by atoms with Crippen molar-refractivity contribution in [2.75, 3.05) is 13.7 Å². The van der Waals surface area contributed by atoms with Crippen molar-refractivity contribution in [3.63, 3.8) is 0 Å². The van der Waals surface area contributed by atoms with Crippen LogP contribution in [0.2, 0.25) is 0 Å². The van der Waals surface area contributed by atoms with E-state index in [-0.39, 0.29) is 30.0 Å². The molecule has 9 heteroatoms. The monoisotopic (exact) mass is 593 g/mol. The standard InChI is InChI=1S/C34H43NO8/c1-32-16-13-23(36)19-22(32)9-10-24-25(32)14-17-33(2)26(24)15-18-34(33,41)27(37)20-43-29(39)12-11-28(38)35-30(31(40)42-3)21-7-5-4-6-8-21/h4-8,19,24-26,30,41H,9-18,20H2,1-3H3,(H,35,38)/t24-,25-,26+,30+,32-,33-,34-/m0/s1. The normalized spacial score (nSPS) is 33.6. The number of esters is 2. The molecule has 0 aliphatic heterocycles. The lowest BCUT2D eigenvalue weighted by atomic mass is 9.46. The van der Waals surface area contributed by atoms with Gasteiger partial charge in [0.2, 0.25) is 11.7 Å². The van der Waals surface area contributed by atoms with Gasteiger partial charge in [0.1, 0.15) is 5.60 Å². The Bertz CT molecular complexity index is 1320. The Kier molecular flexibility index (Phi) is 8.67. The second-order valence-corrected chi connectivity index (χ2v) is 13.3. The van der Waals surface area contributed by atoms with Gasteiger partial charge in [0.25, 0.3) is 0 Å². The first-order valence-corrected chi connectivity index (χ1v) is 15.5. The number of benzene rings is 1. The maximum atomic E-state index is 13.5. The number of ether oxygens (including phenoxy) is 2. The summed E-state index contributed by atoms with van der Waals surface area (Å²) in [6.07, 6.45) is 7.33. The van der Waals surface area contributed by atoms with Crippen molar-refractivity contribution in [3.05, 3.63) is 47.5 Å². The quantitative estimate of drug-likeness (QED) is 0.407. The number of amides is 1. The highest BCUT2D eigenvalue weighted by Gasteiger charge is 2.66. The lowest BCUT2D eigenvalue weighted by molar-refractivity contribution is -0.170. The van der Waals surface area contributed by atoms with Crippen LogP contribution in [0.3, 0.4) is 0 Å². The first-order chi connectivity index (χ1) is 20.4. The Hall–Kier alpha value is -3.33. The Morgan fingerprint density at radius 1 is 0.977 bits per heavy atom. The van der Waals surface area contributed by atoms with Crippen LogP contribution in [-0.2, 0) is 33.4 Å². The molecule has 3 saturated carbocycles. The van der Waals surface area contributed by atoms with Gasteiger partial charge in [-0.05, 0) is 79.8 Å². The summed E-state index contributed by atoms with van der Waals surface area (Å²) in [5, 5.41) is 14.4. The van der Waals surface area contributed by atoms with E-state index in [9.17, 15) is 29.1 Å². The van der Waals surface area contributed by atoms with E-state index in [1.165, 1.54) is 12.7 Å². The van der Waals surface area contributed by atoms with Crippen LogP contribution in [0.15, 0.2) is 42.0 Å². The number of methoxy groups -OCH3 is 1. The highest BCUT2D eigenvalue weighted by atomic mass is 16.5. The summed E-state index contributed by atoms with van der Waals surface area (Å²) >= 11 is 0. The molecule has 1 aromatic rings. The van der Waals surface area contributed by atoms with E-state index in [0.29, 0.717) is 36.7 Å². The number of allylic oxidation sites excluding steroid dienone is 1. The van der Waals surface area contributed by atoms with Gasteiger partial charge in [-0.1, -0.05) is 49.8 Å². The number of hydrogen-bond acceptors (Lipinski definition) is 8. The van der Waals surface area contributed by atoms with E-state index in [0.717, 1.165) is 32.1 Å². The molecule has 7 atom stereocenters. The molecule has 0 aromatic heterocycles. The Labute approximate surface area is 252 Å². The number of fused-ring (bicyclic) bond motifs is 5. The van der Waals surface area contributed by atoms with Crippen LogP contribution >= 0.6 is 0 Å². The number of Topliss-reactive ketones (excluding diaryl/α,β-unsaturated/α-hetero) is 1. The number of ketones is 2. The molecule has 0 spiro atoms. The van der Waals surface area contributed by atoms with E-state index in [2.05, 4.69) is 12.2 Å². The summed E-state index contributed by atoms with van der Waals surface area (Å²) in [5.41, 5.74) is -0.361. The van der Waals surface area contributed by atoms with E-state index in [1.807, 2.05) is 13.0 Å². The molecule has 0 saturated heterocycles. The molecule has 1 aromatic carbocycles. The van der Waals surface area contributed by atoms with Crippen molar-refractivity contribution in [1.29, 1.82) is 0 Å². The summed E-state index contributed by atoms with van der Waals surface area (Å²) in [5.74, 6) is -1.17. The molecule has 232 valence electrons. The average Bonchev–Trinajstić information content (AvgIpc) is 3.29. The van der Waals surface area contributed by atoms with Crippen molar-refractivity contribution < 1.29 is 38.6 Å². The van der Waals surface area contributed by atoms with E-state index >= 15 is 0 Å². The first-order valence-electron chi connectivity index (χ1n) is 15.5. The van der Waals surface area contributed by atoms with Crippen LogP contribution in [0.1, 0.15) is 89.7 Å². The molecule has 43 heavy (non-hydrogen) atoms. The Morgan fingerprint density at radius 3 is 2.42 bits per heavy atom. The summed E-state index contributed by atoms with van der Waals surface area (Å²) in [6, 6.07) is 7.63. The molecular weight excluding hydrogens is 550 g/mol. The smallest absolute Gasteiger partial charge is 0.333 e. The maximum absolute atomic E-state index is 13.5. The average molecular weight is 594 g/mol. The molecule has 4 aliphatic carbocycles. The highest BCUT2D eigenvalue weighted by molar-refractivity contribution is 5.92. The van der Waals surface area contributed by atoms with Crippen LogP contribution < -0.4 is 5.32 Å². The fraction of sp³-hybridized carbons (Fsp3) is 0.618. The van der Waals surface area contributed by atoms with Gasteiger partial charge < -0.3 is 19.9 Å². The van der Waals surface area contributed by atoms with Crippen LogP contribution in [0, 0.1) is 28.6 Å². The lowest BCUT2D eigenvalue weighted by Crippen LogP contribution is -2.58. The second-order valence-electron chi connectivity index (χ2n) is 13.3. The van der Waals surface area contributed by atoms with Gasteiger partial charge in [-0.15, -0.1) is 0 Å². The van der Waals surface area contributed by atoms with Crippen molar-refractivity contribution in [2.45, 2.75) is 89.7 Å². The first kappa shape index (κ1) is 31.1. The van der Waals surface area contributed by atoms with Gasteiger partial charge in [0.05, 0.1) is 13.5 Å². The maximum Gasteiger partial charge on any atom is 0.333 e. The summed E-state index contributed by atoms with van der Waals surface area (Å²) in [4.78, 5) is 62.8. The number of nitrogens with one attached hydrogen (secondary N) is 1. The zero-order valence-electron chi connectivity index (χ0n) is 25.4. The fourth-order valence-electron chi connectivity index (χ4n) is 8.86.